The van der Waals surface area contributed by atoms with Gasteiger partial charge >= 0.3 is 0 Å². The lowest BCUT2D eigenvalue weighted by Gasteiger charge is -2.59. The molecule has 3 atom stereocenters. The Hall–Kier alpha value is -2.61. The Morgan fingerprint density at radius 3 is 2.70 bits per heavy atom. The third kappa shape index (κ3) is 3.59. The highest BCUT2D eigenvalue weighted by Crippen LogP contribution is 2.42. The zero-order valence-corrected chi connectivity index (χ0v) is 20.1. The molecule has 1 aromatic heterocycles. The Morgan fingerprint density at radius 2 is 2.03 bits per heavy atom. The highest BCUT2D eigenvalue weighted by atomic mass is 35.5. The van der Waals surface area contributed by atoms with Crippen LogP contribution in [-0.2, 0) is 14.3 Å². The molecule has 3 aliphatic heterocycles. The molecular weight excluding hydrogens is 440 g/mol. The van der Waals surface area contributed by atoms with Gasteiger partial charge in [-0.2, -0.15) is 0 Å². The summed E-state index contributed by atoms with van der Waals surface area (Å²) in [4.78, 5) is 34.7. The van der Waals surface area contributed by atoms with Crippen molar-refractivity contribution >= 4 is 40.2 Å². The first kappa shape index (κ1) is 22.2. The average molecular weight is 469 g/mol. The standard InChI is InChI=1S/C25H29ClN4O3/c1-14-11-29(23(14)30-15(2)12-33-13-25(30,3)4)24(32)21(19-6-5-9-27-19)20-17-10-16(26)7-8-18(17)28-22(20)31/h5-10,14-15,23,27H,11-13H2,1-4H3,(H,28,31). The third-order valence-electron chi connectivity index (χ3n) is 6.90. The van der Waals surface area contributed by atoms with Crippen LogP contribution in [0.4, 0.5) is 5.69 Å². The van der Waals surface area contributed by atoms with Crippen molar-refractivity contribution in [3.8, 4) is 0 Å². The van der Waals surface area contributed by atoms with Crippen LogP contribution in [0.1, 0.15) is 39.0 Å². The van der Waals surface area contributed by atoms with E-state index in [9.17, 15) is 9.59 Å². The van der Waals surface area contributed by atoms with Crippen molar-refractivity contribution in [2.45, 2.75) is 45.4 Å². The van der Waals surface area contributed by atoms with Gasteiger partial charge in [0.2, 0.25) is 0 Å². The van der Waals surface area contributed by atoms with Crippen molar-refractivity contribution in [3.05, 3.63) is 52.8 Å². The summed E-state index contributed by atoms with van der Waals surface area (Å²) < 4.78 is 5.80. The summed E-state index contributed by atoms with van der Waals surface area (Å²) in [7, 11) is 0. The van der Waals surface area contributed by atoms with Crippen LogP contribution in [0.3, 0.4) is 0 Å². The average Bonchev–Trinajstić information content (AvgIpc) is 3.37. The Bertz CT molecular complexity index is 1140. The van der Waals surface area contributed by atoms with E-state index in [0.717, 1.165) is 0 Å². The number of likely N-dealkylation sites (tertiary alicyclic amines) is 1. The van der Waals surface area contributed by atoms with E-state index in [1.807, 2.05) is 17.0 Å². The first-order valence-electron chi connectivity index (χ1n) is 11.4. The molecule has 33 heavy (non-hydrogen) atoms. The molecule has 2 amide bonds. The maximum absolute atomic E-state index is 14.1. The molecule has 7 nitrogen and oxygen atoms in total. The van der Waals surface area contributed by atoms with E-state index in [0.29, 0.717) is 58.8 Å². The van der Waals surface area contributed by atoms with Crippen LogP contribution in [-0.4, -0.2) is 64.1 Å². The number of aromatic amines is 1. The minimum atomic E-state index is -0.296. The van der Waals surface area contributed by atoms with Crippen molar-refractivity contribution in [1.29, 1.82) is 0 Å². The molecule has 2 N–H and O–H groups in total. The zero-order chi connectivity index (χ0) is 23.5. The fourth-order valence-corrected chi connectivity index (χ4v) is 5.70. The van der Waals surface area contributed by atoms with Gasteiger partial charge in [-0.1, -0.05) is 18.5 Å². The van der Waals surface area contributed by atoms with Crippen LogP contribution in [0.25, 0.3) is 11.1 Å². The highest BCUT2D eigenvalue weighted by molar-refractivity contribution is 6.45. The molecule has 2 saturated heterocycles. The fourth-order valence-electron chi connectivity index (χ4n) is 5.53. The Morgan fingerprint density at radius 1 is 1.24 bits per heavy atom. The van der Waals surface area contributed by atoms with Crippen molar-refractivity contribution < 1.29 is 14.3 Å². The Balaban J connectivity index is 1.60. The van der Waals surface area contributed by atoms with Crippen LogP contribution in [0.2, 0.25) is 5.02 Å². The van der Waals surface area contributed by atoms with Gasteiger partial charge in [0.15, 0.2) is 0 Å². The second kappa shape index (κ2) is 8.01. The van der Waals surface area contributed by atoms with E-state index in [2.05, 4.69) is 42.9 Å². The minimum absolute atomic E-state index is 0.0692. The fraction of sp³-hybridized carbons (Fsp3) is 0.440. The van der Waals surface area contributed by atoms with Gasteiger partial charge < -0.3 is 19.9 Å². The van der Waals surface area contributed by atoms with Gasteiger partial charge in [-0.05, 0) is 51.1 Å². The zero-order valence-electron chi connectivity index (χ0n) is 19.3. The normalized spacial score (nSPS) is 28.2. The molecule has 3 unspecified atom stereocenters. The minimum Gasteiger partial charge on any atom is -0.378 e. The molecule has 0 aliphatic carbocycles. The molecule has 0 bridgehead atoms. The maximum atomic E-state index is 14.1. The van der Waals surface area contributed by atoms with Crippen molar-refractivity contribution in [2.75, 3.05) is 25.1 Å². The van der Waals surface area contributed by atoms with Crippen molar-refractivity contribution in [3.63, 3.8) is 0 Å². The van der Waals surface area contributed by atoms with Crippen molar-refractivity contribution in [1.82, 2.24) is 14.8 Å². The summed E-state index contributed by atoms with van der Waals surface area (Å²) in [5.74, 6) is -0.147. The van der Waals surface area contributed by atoms with Crippen molar-refractivity contribution in [2.24, 2.45) is 5.92 Å². The van der Waals surface area contributed by atoms with Gasteiger partial charge in [-0.3, -0.25) is 14.5 Å². The summed E-state index contributed by atoms with van der Waals surface area (Å²) in [5, 5.41) is 3.40. The molecule has 5 rings (SSSR count). The number of rotatable bonds is 3. The number of aromatic nitrogens is 1. The van der Waals surface area contributed by atoms with Crippen LogP contribution < -0.4 is 5.32 Å². The summed E-state index contributed by atoms with van der Waals surface area (Å²) in [6.45, 7) is 10.5. The second-order valence-corrected chi connectivity index (χ2v) is 10.3. The number of nitrogens with zero attached hydrogens (tertiary/aromatic N) is 2. The molecule has 1 aromatic carbocycles. The lowest BCUT2D eigenvalue weighted by Crippen LogP contribution is -2.73. The SMILES string of the molecule is CC1CN(C(=O)C(=C2C(=O)Nc3ccc(Cl)cc32)c2ccc[nH]2)C1N1C(C)COCC1(C)C. The van der Waals surface area contributed by atoms with Gasteiger partial charge in [0.25, 0.3) is 11.8 Å². The molecule has 8 heteroatoms. The molecular formula is C25H29ClN4O3. The van der Waals surface area contributed by atoms with Gasteiger partial charge in [-0.15, -0.1) is 0 Å². The van der Waals surface area contributed by atoms with E-state index in [4.69, 9.17) is 16.3 Å². The molecule has 0 spiro atoms. The number of halogens is 1. The number of morpholine rings is 1. The summed E-state index contributed by atoms with van der Waals surface area (Å²) in [5.41, 5.74) is 2.44. The van der Waals surface area contributed by atoms with Crippen LogP contribution in [0.15, 0.2) is 36.5 Å². The molecule has 3 aliphatic rings. The molecule has 0 radical (unpaired) electrons. The molecule has 4 heterocycles. The van der Waals surface area contributed by atoms with Gasteiger partial charge in [0.1, 0.15) is 0 Å². The van der Waals surface area contributed by atoms with E-state index in [-0.39, 0.29) is 29.6 Å². The molecule has 2 fully saturated rings. The number of fused-ring (bicyclic) bond motifs is 1. The number of nitrogens with one attached hydrogen (secondary N) is 2. The van der Waals surface area contributed by atoms with Gasteiger partial charge in [0, 0.05) is 46.5 Å². The topological polar surface area (TPSA) is 77.7 Å². The second-order valence-electron chi connectivity index (χ2n) is 9.91. The smallest absolute Gasteiger partial charge is 0.258 e. The number of H-pyrrole nitrogens is 1. The Kier molecular flexibility index (Phi) is 5.39. The van der Waals surface area contributed by atoms with Crippen LogP contribution >= 0.6 is 11.6 Å². The summed E-state index contributed by atoms with van der Waals surface area (Å²) in [6, 6.07) is 9.07. The third-order valence-corrected chi connectivity index (χ3v) is 7.14. The number of hydrogen-bond acceptors (Lipinski definition) is 4. The number of amides is 2. The Labute approximate surface area is 198 Å². The van der Waals surface area contributed by atoms with E-state index in [1.165, 1.54) is 0 Å². The number of carbonyl (C=O) groups is 2. The highest BCUT2D eigenvalue weighted by Gasteiger charge is 2.51. The van der Waals surface area contributed by atoms with E-state index < -0.39 is 0 Å². The largest absolute Gasteiger partial charge is 0.378 e. The first-order valence-corrected chi connectivity index (χ1v) is 11.7. The lowest BCUT2D eigenvalue weighted by atomic mass is 9.87. The lowest BCUT2D eigenvalue weighted by molar-refractivity contribution is -0.191. The maximum Gasteiger partial charge on any atom is 0.258 e. The summed E-state index contributed by atoms with van der Waals surface area (Å²) >= 11 is 6.25. The quantitative estimate of drug-likeness (QED) is 0.671. The van der Waals surface area contributed by atoms with Gasteiger partial charge in [-0.25, -0.2) is 0 Å². The number of ether oxygens (including phenoxy) is 1. The predicted octanol–water partition coefficient (Wildman–Crippen LogP) is 3.83. The predicted molar refractivity (Wildman–Crippen MR) is 129 cm³/mol. The number of carbonyl (C=O) groups excluding carboxylic acids is 2. The van der Waals surface area contributed by atoms with Crippen LogP contribution in [0.5, 0.6) is 0 Å². The monoisotopic (exact) mass is 468 g/mol. The van der Waals surface area contributed by atoms with Gasteiger partial charge in [0.05, 0.1) is 36.2 Å². The number of anilines is 1. The first-order chi connectivity index (χ1) is 15.7. The number of hydrogen-bond donors (Lipinski definition) is 2. The van der Waals surface area contributed by atoms with Crippen LogP contribution in [0, 0.1) is 5.92 Å². The van der Waals surface area contributed by atoms with E-state index >= 15 is 0 Å². The molecule has 2 aromatic rings. The molecule has 0 saturated carbocycles. The number of benzene rings is 1. The molecule has 174 valence electrons. The van der Waals surface area contributed by atoms with E-state index in [1.54, 1.807) is 24.4 Å². The summed E-state index contributed by atoms with van der Waals surface area (Å²) in [6.07, 6.45) is 1.69.